The smallest absolute Gasteiger partial charge is 0.345 e. The highest BCUT2D eigenvalue weighted by atomic mass is 16.5. The van der Waals surface area contributed by atoms with E-state index < -0.39 is 5.97 Å². The van der Waals surface area contributed by atoms with E-state index in [1.54, 1.807) is 18.9 Å². The van der Waals surface area contributed by atoms with Crippen LogP contribution in [0.4, 0.5) is 0 Å². The topological polar surface area (TPSA) is 85.9 Å². The summed E-state index contributed by atoms with van der Waals surface area (Å²) < 4.78 is 5.31. The van der Waals surface area contributed by atoms with Crippen molar-refractivity contribution in [1.82, 2.24) is 19.7 Å². The molecule has 1 aliphatic carbocycles. The van der Waals surface area contributed by atoms with Crippen molar-refractivity contribution in [2.75, 3.05) is 39.8 Å². The van der Waals surface area contributed by atoms with Crippen LogP contribution >= 0.6 is 0 Å². The number of aromatic amines is 1. The molecule has 0 spiro atoms. The molecule has 0 radical (unpaired) electrons. The fraction of sp³-hybridized carbons (Fsp3) is 0.500. The summed E-state index contributed by atoms with van der Waals surface area (Å²) in [6, 6.07) is 9.86. The van der Waals surface area contributed by atoms with Gasteiger partial charge in [-0.25, -0.2) is 4.79 Å². The number of benzene rings is 1. The molecule has 8 heteroatoms. The SMILES string of the molecule is CCOC(=O)C1=C(N2CCN(C(=O)c3cc4ccccc4[nH]3)CC2)C2CCCCC2N(C)C1=O. The van der Waals surface area contributed by atoms with Crippen molar-refractivity contribution in [2.24, 2.45) is 5.92 Å². The Labute approximate surface area is 199 Å². The van der Waals surface area contributed by atoms with Gasteiger partial charge < -0.3 is 24.4 Å². The van der Waals surface area contributed by atoms with Crippen LogP contribution in [0.1, 0.15) is 43.1 Å². The number of hydrogen-bond donors (Lipinski definition) is 1. The molecule has 2 atom stereocenters. The maximum Gasteiger partial charge on any atom is 0.345 e. The van der Waals surface area contributed by atoms with E-state index in [0.717, 1.165) is 42.3 Å². The molecule has 2 amide bonds. The molecule has 2 fully saturated rings. The molecule has 34 heavy (non-hydrogen) atoms. The highest BCUT2D eigenvalue weighted by Crippen LogP contribution is 2.41. The number of nitrogens with zero attached hydrogens (tertiary/aromatic N) is 3. The lowest BCUT2D eigenvalue weighted by Crippen LogP contribution is -2.56. The number of esters is 1. The lowest BCUT2D eigenvalue weighted by Gasteiger charge is -2.48. The molecule has 0 bridgehead atoms. The van der Waals surface area contributed by atoms with Crippen LogP contribution in [-0.2, 0) is 14.3 Å². The minimum Gasteiger partial charge on any atom is -0.462 e. The van der Waals surface area contributed by atoms with Gasteiger partial charge >= 0.3 is 5.97 Å². The Kier molecular flexibility index (Phi) is 6.06. The highest BCUT2D eigenvalue weighted by molar-refractivity contribution is 6.17. The van der Waals surface area contributed by atoms with Gasteiger partial charge in [-0.1, -0.05) is 31.0 Å². The van der Waals surface area contributed by atoms with Crippen LogP contribution in [0.5, 0.6) is 0 Å². The van der Waals surface area contributed by atoms with E-state index in [2.05, 4.69) is 9.88 Å². The fourth-order valence-electron chi connectivity index (χ4n) is 5.81. The van der Waals surface area contributed by atoms with Gasteiger partial charge in [0.05, 0.1) is 6.61 Å². The molecule has 5 rings (SSSR count). The van der Waals surface area contributed by atoms with Gasteiger partial charge in [0.25, 0.3) is 11.8 Å². The summed E-state index contributed by atoms with van der Waals surface area (Å²) in [6.45, 7) is 4.24. The Morgan fingerprint density at radius 3 is 2.56 bits per heavy atom. The maximum atomic E-state index is 13.3. The Balaban J connectivity index is 1.39. The molecule has 2 aliphatic heterocycles. The first-order chi connectivity index (χ1) is 16.5. The molecule has 8 nitrogen and oxygen atoms in total. The zero-order chi connectivity index (χ0) is 23.8. The highest BCUT2D eigenvalue weighted by Gasteiger charge is 2.46. The number of nitrogens with one attached hydrogen (secondary N) is 1. The molecule has 1 saturated heterocycles. The van der Waals surface area contributed by atoms with Crippen LogP contribution in [0, 0.1) is 5.92 Å². The predicted octanol–water partition coefficient (Wildman–Crippen LogP) is 2.77. The Morgan fingerprint density at radius 2 is 1.82 bits per heavy atom. The van der Waals surface area contributed by atoms with E-state index >= 15 is 0 Å². The van der Waals surface area contributed by atoms with Gasteiger partial charge in [0.2, 0.25) is 0 Å². The van der Waals surface area contributed by atoms with Crippen LogP contribution in [-0.4, -0.2) is 83.3 Å². The fourth-order valence-corrected chi connectivity index (χ4v) is 5.81. The number of rotatable bonds is 4. The van der Waals surface area contributed by atoms with Crippen LogP contribution < -0.4 is 0 Å². The standard InChI is InChI=1S/C26H32N4O4/c1-3-34-26(33)22-23(18-9-5-7-11-21(18)28(2)25(22)32)29-12-14-30(15-13-29)24(31)20-16-17-8-4-6-10-19(17)27-20/h4,6,8,10,16,18,21,27H,3,5,7,9,11-15H2,1-2H3. The van der Waals surface area contributed by atoms with Gasteiger partial charge in [-0.15, -0.1) is 0 Å². The average molecular weight is 465 g/mol. The zero-order valence-electron chi connectivity index (χ0n) is 19.9. The van der Waals surface area contributed by atoms with E-state index in [0.29, 0.717) is 31.9 Å². The summed E-state index contributed by atoms with van der Waals surface area (Å²) in [4.78, 5) is 48.3. The maximum absolute atomic E-state index is 13.3. The number of carbonyl (C=O) groups excluding carboxylic acids is 3. The molecule has 3 heterocycles. The number of likely N-dealkylation sites (N-methyl/N-ethyl adjacent to an activating group) is 1. The minimum atomic E-state index is -0.532. The number of fused-ring (bicyclic) bond motifs is 2. The number of ether oxygens (including phenoxy) is 1. The van der Waals surface area contributed by atoms with E-state index in [1.807, 2.05) is 35.2 Å². The molecule has 180 valence electrons. The molecule has 2 aromatic rings. The molecule has 1 N–H and O–H groups in total. The second-order valence-electron chi connectivity index (χ2n) is 9.40. The van der Waals surface area contributed by atoms with Gasteiger partial charge in [0.15, 0.2) is 0 Å². The van der Waals surface area contributed by atoms with E-state index in [9.17, 15) is 14.4 Å². The van der Waals surface area contributed by atoms with Gasteiger partial charge in [-0.05, 0) is 31.9 Å². The lowest BCUT2D eigenvalue weighted by atomic mass is 9.76. The molecular weight excluding hydrogens is 432 g/mol. The first-order valence-electron chi connectivity index (χ1n) is 12.3. The molecule has 3 aliphatic rings. The summed E-state index contributed by atoms with van der Waals surface area (Å²) in [5, 5.41) is 1.02. The average Bonchev–Trinajstić information content (AvgIpc) is 3.30. The van der Waals surface area contributed by atoms with Crippen molar-refractivity contribution in [3.8, 4) is 0 Å². The molecule has 1 aromatic carbocycles. The number of hydrogen-bond acceptors (Lipinski definition) is 5. The number of H-pyrrole nitrogens is 1. The first kappa shape index (κ1) is 22.5. The van der Waals surface area contributed by atoms with E-state index in [-0.39, 0.29) is 36.0 Å². The van der Waals surface area contributed by atoms with Crippen molar-refractivity contribution in [3.05, 3.63) is 47.3 Å². The molecule has 2 unspecified atom stereocenters. The number of aromatic nitrogens is 1. The summed E-state index contributed by atoms with van der Waals surface area (Å²) in [5.41, 5.74) is 2.55. The molecule has 1 saturated carbocycles. The van der Waals surface area contributed by atoms with Crippen LogP contribution in [0.25, 0.3) is 10.9 Å². The zero-order valence-corrected chi connectivity index (χ0v) is 19.9. The Bertz CT molecular complexity index is 1110. The summed E-state index contributed by atoms with van der Waals surface area (Å²) in [7, 11) is 1.80. The van der Waals surface area contributed by atoms with Crippen molar-refractivity contribution in [1.29, 1.82) is 0 Å². The van der Waals surface area contributed by atoms with Crippen molar-refractivity contribution in [2.45, 2.75) is 38.6 Å². The Hall–Kier alpha value is -3.29. The van der Waals surface area contributed by atoms with Crippen LogP contribution in [0.15, 0.2) is 41.6 Å². The first-order valence-corrected chi connectivity index (χ1v) is 12.3. The number of para-hydroxylation sites is 1. The second kappa shape index (κ2) is 9.16. The Morgan fingerprint density at radius 1 is 1.09 bits per heavy atom. The minimum absolute atomic E-state index is 0.0227. The number of amides is 2. The number of piperazine rings is 1. The van der Waals surface area contributed by atoms with Gasteiger partial charge in [-0.3, -0.25) is 9.59 Å². The normalized spacial score (nSPS) is 23.4. The van der Waals surface area contributed by atoms with Gasteiger partial charge in [0.1, 0.15) is 11.3 Å². The quantitative estimate of drug-likeness (QED) is 0.556. The predicted molar refractivity (Wildman–Crippen MR) is 128 cm³/mol. The van der Waals surface area contributed by atoms with Crippen molar-refractivity contribution in [3.63, 3.8) is 0 Å². The number of carbonyl (C=O) groups is 3. The summed E-state index contributed by atoms with van der Waals surface area (Å²) in [5.74, 6) is -0.666. The van der Waals surface area contributed by atoms with Crippen molar-refractivity contribution < 1.29 is 19.1 Å². The van der Waals surface area contributed by atoms with Crippen LogP contribution in [0.2, 0.25) is 0 Å². The van der Waals surface area contributed by atoms with Crippen LogP contribution in [0.3, 0.4) is 0 Å². The lowest BCUT2D eigenvalue weighted by molar-refractivity contribution is -0.144. The third-order valence-corrected chi connectivity index (χ3v) is 7.52. The van der Waals surface area contributed by atoms with E-state index in [4.69, 9.17) is 4.74 Å². The second-order valence-corrected chi connectivity index (χ2v) is 9.40. The van der Waals surface area contributed by atoms with Crippen molar-refractivity contribution >= 4 is 28.7 Å². The third kappa shape index (κ3) is 3.85. The largest absolute Gasteiger partial charge is 0.462 e. The molecule has 1 aromatic heterocycles. The third-order valence-electron chi connectivity index (χ3n) is 7.52. The van der Waals surface area contributed by atoms with Gasteiger partial charge in [-0.2, -0.15) is 0 Å². The summed E-state index contributed by atoms with van der Waals surface area (Å²) >= 11 is 0. The van der Waals surface area contributed by atoms with Gasteiger partial charge in [0, 0.05) is 61.8 Å². The van der Waals surface area contributed by atoms with E-state index in [1.165, 1.54) is 0 Å². The monoisotopic (exact) mass is 464 g/mol. The molecular formula is C26H32N4O4. The summed E-state index contributed by atoms with van der Waals surface area (Å²) in [6.07, 6.45) is 4.08.